The maximum atomic E-state index is 12.1. The Morgan fingerprint density at radius 2 is 2.28 bits per heavy atom. The molecule has 2 nitrogen and oxygen atoms in total. The van der Waals surface area contributed by atoms with Crippen LogP contribution in [0.4, 0.5) is 5.69 Å². The number of aryl methyl sites for hydroxylation is 1. The Labute approximate surface area is 125 Å². The molecule has 0 saturated carbocycles. The predicted molar refractivity (Wildman–Crippen MR) is 82.6 cm³/mol. The molecule has 1 atom stereocenters. The molecule has 1 fully saturated rings. The number of benzene rings is 1. The summed E-state index contributed by atoms with van der Waals surface area (Å²) in [6.07, 6.45) is 3.32. The van der Waals surface area contributed by atoms with Gasteiger partial charge in [0, 0.05) is 9.50 Å². The van der Waals surface area contributed by atoms with Crippen LogP contribution in [0.15, 0.2) is 16.6 Å². The lowest BCUT2D eigenvalue weighted by Crippen LogP contribution is -2.27. The lowest BCUT2D eigenvalue weighted by atomic mass is 10.1. The van der Waals surface area contributed by atoms with Crippen LogP contribution in [0.2, 0.25) is 5.02 Å². The molecule has 0 aromatic heterocycles. The maximum Gasteiger partial charge on any atom is 0.237 e. The first-order chi connectivity index (χ1) is 8.58. The lowest BCUT2D eigenvalue weighted by Gasteiger charge is -2.21. The van der Waals surface area contributed by atoms with E-state index < -0.39 is 0 Å². The third-order valence-electron chi connectivity index (χ3n) is 2.98. The third kappa shape index (κ3) is 3.43. The van der Waals surface area contributed by atoms with Crippen LogP contribution in [-0.4, -0.2) is 16.9 Å². The summed E-state index contributed by atoms with van der Waals surface area (Å²) in [4.78, 5) is 12.1. The molecular weight excluding hydrogens is 334 g/mol. The highest BCUT2D eigenvalue weighted by molar-refractivity contribution is 9.10. The molecule has 1 saturated heterocycles. The number of hydrogen-bond donors (Lipinski definition) is 1. The van der Waals surface area contributed by atoms with Crippen molar-refractivity contribution in [3.8, 4) is 0 Å². The highest BCUT2D eigenvalue weighted by Crippen LogP contribution is 2.31. The number of anilines is 1. The lowest BCUT2D eigenvalue weighted by molar-refractivity contribution is -0.115. The number of amides is 1. The smallest absolute Gasteiger partial charge is 0.237 e. The van der Waals surface area contributed by atoms with Crippen LogP contribution < -0.4 is 5.32 Å². The Kier molecular flexibility index (Phi) is 4.98. The van der Waals surface area contributed by atoms with E-state index in [-0.39, 0.29) is 11.2 Å². The Bertz CT molecular complexity index is 461. The Morgan fingerprint density at radius 3 is 2.94 bits per heavy atom. The second-order valence-electron chi connectivity index (χ2n) is 4.43. The van der Waals surface area contributed by atoms with E-state index in [9.17, 15) is 4.79 Å². The minimum absolute atomic E-state index is 0.0747. The van der Waals surface area contributed by atoms with Crippen molar-refractivity contribution in [2.45, 2.75) is 31.4 Å². The molecule has 1 aromatic rings. The van der Waals surface area contributed by atoms with Crippen molar-refractivity contribution >= 4 is 50.9 Å². The molecule has 1 aliphatic heterocycles. The van der Waals surface area contributed by atoms with Gasteiger partial charge in [-0.05, 0) is 59.1 Å². The van der Waals surface area contributed by atoms with E-state index in [1.807, 2.05) is 13.0 Å². The molecule has 1 aliphatic rings. The average Bonchev–Trinajstić information content (AvgIpc) is 2.37. The molecule has 1 unspecified atom stereocenters. The summed E-state index contributed by atoms with van der Waals surface area (Å²) in [6.45, 7) is 1.94. The van der Waals surface area contributed by atoms with Crippen LogP contribution in [0.25, 0.3) is 0 Å². The summed E-state index contributed by atoms with van der Waals surface area (Å²) < 4.78 is 0.874. The fraction of sp³-hybridized carbons (Fsp3) is 0.462. The van der Waals surface area contributed by atoms with E-state index in [2.05, 4.69) is 21.2 Å². The van der Waals surface area contributed by atoms with Crippen LogP contribution in [0, 0.1) is 6.92 Å². The Hall–Kier alpha value is -0.190. The molecule has 0 bridgehead atoms. The standard InChI is InChI=1S/C13H15BrClNOS/c1-8-6-9(14)11(7-10(8)15)16-13(17)12-4-2-3-5-18-12/h6-7,12H,2-5H2,1H3,(H,16,17). The molecule has 1 heterocycles. The number of hydrogen-bond acceptors (Lipinski definition) is 2. The maximum absolute atomic E-state index is 12.1. The van der Waals surface area contributed by atoms with Gasteiger partial charge in [-0.15, -0.1) is 11.8 Å². The van der Waals surface area contributed by atoms with Crippen molar-refractivity contribution in [1.82, 2.24) is 0 Å². The van der Waals surface area contributed by atoms with Gasteiger partial charge in [0.05, 0.1) is 10.9 Å². The summed E-state index contributed by atoms with van der Waals surface area (Å²) >= 11 is 11.3. The number of thioether (sulfide) groups is 1. The normalized spacial score (nSPS) is 19.6. The number of carbonyl (C=O) groups excluding carboxylic acids is 1. The Morgan fingerprint density at radius 1 is 1.50 bits per heavy atom. The first-order valence-corrected chi connectivity index (χ1v) is 8.18. The zero-order valence-corrected chi connectivity index (χ0v) is 13.3. The molecule has 5 heteroatoms. The summed E-state index contributed by atoms with van der Waals surface area (Å²) in [6, 6.07) is 3.72. The molecule has 1 amide bonds. The van der Waals surface area contributed by atoms with Crippen LogP contribution in [0.3, 0.4) is 0 Å². The second-order valence-corrected chi connectivity index (χ2v) is 7.00. The fourth-order valence-corrected chi connectivity index (χ4v) is 3.82. The molecule has 98 valence electrons. The van der Waals surface area contributed by atoms with E-state index in [1.165, 1.54) is 6.42 Å². The van der Waals surface area contributed by atoms with E-state index in [0.717, 1.165) is 34.3 Å². The number of nitrogens with one attached hydrogen (secondary N) is 1. The zero-order valence-electron chi connectivity index (χ0n) is 10.1. The quantitative estimate of drug-likeness (QED) is 0.844. The Balaban J connectivity index is 2.08. The predicted octanol–water partition coefficient (Wildman–Crippen LogP) is 4.64. The highest BCUT2D eigenvalue weighted by Gasteiger charge is 2.22. The van der Waals surface area contributed by atoms with Gasteiger partial charge >= 0.3 is 0 Å². The number of halogens is 2. The van der Waals surface area contributed by atoms with E-state index in [0.29, 0.717) is 5.02 Å². The van der Waals surface area contributed by atoms with Crippen molar-refractivity contribution < 1.29 is 4.79 Å². The van der Waals surface area contributed by atoms with Gasteiger partial charge in [-0.1, -0.05) is 18.0 Å². The summed E-state index contributed by atoms with van der Waals surface area (Å²) in [7, 11) is 0. The topological polar surface area (TPSA) is 29.1 Å². The molecule has 0 radical (unpaired) electrons. The zero-order chi connectivity index (χ0) is 13.1. The van der Waals surface area contributed by atoms with Gasteiger partial charge in [0.2, 0.25) is 5.91 Å². The molecule has 2 rings (SSSR count). The third-order valence-corrected chi connectivity index (χ3v) is 5.42. The van der Waals surface area contributed by atoms with Crippen molar-refractivity contribution in [2.75, 3.05) is 11.1 Å². The van der Waals surface area contributed by atoms with Crippen molar-refractivity contribution in [3.63, 3.8) is 0 Å². The van der Waals surface area contributed by atoms with Gasteiger partial charge in [0.25, 0.3) is 0 Å². The van der Waals surface area contributed by atoms with Gasteiger partial charge in [-0.2, -0.15) is 0 Å². The van der Waals surface area contributed by atoms with Crippen molar-refractivity contribution in [1.29, 1.82) is 0 Å². The number of rotatable bonds is 2. The molecule has 0 spiro atoms. The van der Waals surface area contributed by atoms with Crippen LogP contribution in [-0.2, 0) is 4.79 Å². The van der Waals surface area contributed by atoms with Gasteiger partial charge in [-0.25, -0.2) is 0 Å². The van der Waals surface area contributed by atoms with Crippen LogP contribution in [0.5, 0.6) is 0 Å². The van der Waals surface area contributed by atoms with Gasteiger partial charge < -0.3 is 5.32 Å². The first kappa shape index (κ1) is 14.2. The average molecular weight is 349 g/mol. The fourth-order valence-electron chi connectivity index (χ4n) is 1.90. The summed E-state index contributed by atoms with van der Waals surface area (Å²) in [5, 5.41) is 3.70. The monoisotopic (exact) mass is 347 g/mol. The van der Waals surface area contributed by atoms with E-state index in [4.69, 9.17) is 11.6 Å². The van der Waals surface area contributed by atoms with E-state index in [1.54, 1.807) is 17.8 Å². The molecular formula is C13H15BrClNOS. The molecule has 18 heavy (non-hydrogen) atoms. The largest absolute Gasteiger partial charge is 0.324 e. The SMILES string of the molecule is Cc1cc(Br)c(NC(=O)C2CCCCS2)cc1Cl. The highest BCUT2D eigenvalue weighted by atomic mass is 79.9. The van der Waals surface area contributed by atoms with Gasteiger partial charge in [0.15, 0.2) is 0 Å². The van der Waals surface area contributed by atoms with Gasteiger partial charge in [0.1, 0.15) is 0 Å². The minimum Gasteiger partial charge on any atom is -0.324 e. The molecule has 1 aromatic carbocycles. The van der Waals surface area contributed by atoms with Crippen molar-refractivity contribution in [3.05, 3.63) is 27.2 Å². The first-order valence-electron chi connectivity index (χ1n) is 5.96. The van der Waals surface area contributed by atoms with Crippen LogP contribution in [0.1, 0.15) is 24.8 Å². The summed E-state index contributed by atoms with van der Waals surface area (Å²) in [5.41, 5.74) is 1.75. The second kappa shape index (κ2) is 6.31. The molecule has 1 N–H and O–H groups in total. The minimum atomic E-state index is 0.0747. The number of carbonyl (C=O) groups is 1. The van der Waals surface area contributed by atoms with E-state index >= 15 is 0 Å². The van der Waals surface area contributed by atoms with Gasteiger partial charge in [-0.3, -0.25) is 4.79 Å². The van der Waals surface area contributed by atoms with Crippen LogP contribution >= 0.6 is 39.3 Å². The molecule has 0 aliphatic carbocycles. The van der Waals surface area contributed by atoms with Crippen molar-refractivity contribution in [2.24, 2.45) is 0 Å². The summed E-state index contributed by atoms with van der Waals surface area (Å²) in [5.74, 6) is 1.16.